The number of pyridine rings is 2. The van der Waals surface area contributed by atoms with Crippen LogP contribution in [0.2, 0.25) is 5.15 Å². The highest BCUT2D eigenvalue weighted by atomic mass is 35.5. The Morgan fingerprint density at radius 3 is 1.56 bits per heavy atom. The molecule has 2 aliphatic heterocycles. The summed E-state index contributed by atoms with van der Waals surface area (Å²) in [5.74, 6) is 1.18. The zero-order valence-electron chi connectivity index (χ0n) is 30.8. The molecule has 2 aromatic carbocycles. The number of aryl methyl sites for hydroxylation is 2. The third-order valence-electron chi connectivity index (χ3n) is 8.26. The molecule has 3 aromatic heterocycles. The quantitative estimate of drug-likeness (QED) is 0.139. The molecule has 0 saturated heterocycles. The molecule has 0 radical (unpaired) electrons. The Bertz CT molecular complexity index is 1790. The molecule has 0 spiro atoms. The lowest BCUT2D eigenvalue weighted by Crippen LogP contribution is -2.24. The van der Waals surface area contributed by atoms with Crippen LogP contribution >= 0.6 is 11.6 Å². The summed E-state index contributed by atoms with van der Waals surface area (Å²) in [6, 6.07) is 24.6. The molecule has 0 amide bonds. The Labute approximate surface area is 313 Å². The van der Waals surface area contributed by atoms with Crippen molar-refractivity contribution >= 4 is 51.9 Å². The van der Waals surface area contributed by atoms with Crippen molar-refractivity contribution in [1.29, 1.82) is 0 Å². The summed E-state index contributed by atoms with van der Waals surface area (Å²) in [6.07, 6.45) is 7.80. The lowest BCUT2D eigenvalue weighted by atomic mass is 10.0. The van der Waals surface area contributed by atoms with E-state index in [-0.39, 0.29) is 5.95 Å². The van der Waals surface area contributed by atoms with Crippen molar-refractivity contribution in [1.82, 2.24) is 19.9 Å². The Kier molecular flexibility index (Phi) is 15.9. The fraction of sp³-hybridized carbons (Fsp3) is 0.350. The number of nitrogens with two attached hydrogens (primary N) is 3. The van der Waals surface area contributed by atoms with E-state index >= 15 is 0 Å². The second-order valence-corrected chi connectivity index (χ2v) is 12.3. The van der Waals surface area contributed by atoms with Gasteiger partial charge in [-0.25, -0.2) is 19.9 Å². The van der Waals surface area contributed by atoms with E-state index in [1.54, 1.807) is 12.4 Å². The highest BCUT2D eigenvalue weighted by molar-refractivity contribution is 6.29. The van der Waals surface area contributed by atoms with E-state index in [9.17, 15) is 0 Å². The molecule has 11 nitrogen and oxygen atoms in total. The van der Waals surface area contributed by atoms with E-state index in [4.69, 9.17) is 38.3 Å². The topological polar surface area (TPSA) is 155 Å². The van der Waals surface area contributed by atoms with Gasteiger partial charge in [-0.05, 0) is 88.8 Å². The number of nitrogen functional groups attached to an aromatic ring is 3. The number of rotatable bonds is 7. The third-order valence-corrected chi connectivity index (χ3v) is 8.45. The summed E-state index contributed by atoms with van der Waals surface area (Å²) >= 11 is 5.98. The SMILES string of the molecule is CCOCC.CCOCC.Nc1cc(N2CCCc3ccccc32)cc(-c2cnc(N)nc2)n1.Nc1cc(N2CCCc3ccccc32)cc(Cl)n1. The van der Waals surface area contributed by atoms with Crippen LogP contribution in [0, 0.1) is 0 Å². The van der Waals surface area contributed by atoms with Gasteiger partial charge in [-0.2, -0.15) is 0 Å². The van der Waals surface area contributed by atoms with E-state index in [1.807, 2.05) is 52.0 Å². The summed E-state index contributed by atoms with van der Waals surface area (Å²) in [6.45, 7) is 13.3. The van der Waals surface area contributed by atoms with Gasteiger partial charge in [0.05, 0.1) is 5.69 Å². The van der Waals surface area contributed by atoms with Gasteiger partial charge in [0.2, 0.25) is 5.95 Å². The van der Waals surface area contributed by atoms with Crippen molar-refractivity contribution < 1.29 is 9.47 Å². The Balaban J connectivity index is 0.000000190. The minimum Gasteiger partial charge on any atom is -0.384 e. The largest absolute Gasteiger partial charge is 0.384 e. The predicted molar refractivity (Wildman–Crippen MR) is 216 cm³/mol. The zero-order valence-corrected chi connectivity index (χ0v) is 31.5. The summed E-state index contributed by atoms with van der Waals surface area (Å²) < 4.78 is 9.67. The van der Waals surface area contributed by atoms with Crippen LogP contribution in [-0.2, 0) is 22.3 Å². The molecule has 0 bridgehead atoms. The first-order valence-corrected chi connectivity index (χ1v) is 18.3. The molecule has 5 heterocycles. The molecular weight excluding hydrogens is 674 g/mol. The van der Waals surface area contributed by atoms with Crippen molar-refractivity contribution in [3.05, 3.63) is 101 Å². The summed E-state index contributed by atoms with van der Waals surface area (Å²) in [5.41, 5.74) is 26.2. The molecule has 52 heavy (non-hydrogen) atoms. The van der Waals surface area contributed by atoms with E-state index < -0.39 is 0 Å². The van der Waals surface area contributed by atoms with Crippen LogP contribution in [-0.4, -0.2) is 59.5 Å². The monoisotopic (exact) mass is 725 g/mol. The number of para-hydroxylation sites is 2. The lowest BCUT2D eigenvalue weighted by Gasteiger charge is -2.31. The second-order valence-electron chi connectivity index (χ2n) is 11.9. The molecule has 0 unspecified atom stereocenters. The summed E-state index contributed by atoms with van der Waals surface area (Å²) in [5, 5.41) is 0.438. The first-order chi connectivity index (χ1) is 25.3. The van der Waals surface area contributed by atoms with Crippen LogP contribution in [0.5, 0.6) is 0 Å². The van der Waals surface area contributed by atoms with Gasteiger partial charge in [-0.3, -0.25) is 0 Å². The minimum atomic E-state index is 0.243. The number of benzene rings is 2. The first kappa shape index (κ1) is 39.8. The van der Waals surface area contributed by atoms with Gasteiger partial charge in [-0.1, -0.05) is 48.0 Å². The number of hydrogen-bond donors (Lipinski definition) is 3. The molecule has 0 fully saturated rings. The van der Waals surface area contributed by atoms with Crippen LogP contribution in [0.1, 0.15) is 51.7 Å². The van der Waals surface area contributed by atoms with Crippen LogP contribution in [0.3, 0.4) is 0 Å². The second kappa shape index (κ2) is 20.8. The maximum absolute atomic E-state index is 6.05. The van der Waals surface area contributed by atoms with Gasteiger partial charge in [0.25, 0.3) is 0 Å². The molecule has 5 aromatic rings. The molecule has 7 rings (SSSR count). The smallest absolute Gasteiger partial charge is 0.219 e. The lowest BCUT2D eigenvalue weighted by molar-refractivity contribution is 0.162. The average Bonchev–Trinajstić information content (AvgIpc) is 3.15. The fourth-order valence-electron chi connectivity index (χ4n) is 5.98. The number of fused-ring (bicyclic) bond motifs is 2. The van der Waals surface area contributed by atoms with Crippen molar-refractivity contribution in [3.63, 3.8) is 0 Å². The van der Waals surface area contributed by atoms with Gasteiger partial charge in [-0.15, -0.1) is 0 Å². The first-order valence-electron chi connectivity index (χ1n) is 17.9. The van der Waals surface area contributed by atoms with E-state index in [2.05, 4.69) is 78.3 Å². The number of anilines is 7. The molecular formula is C40H52ClN9O2. The predicted octanol–water partition coefficient (Wildman–Crippen LogP) is 8.27. The number of nitrogens with zero attached hydrogens (tertiary/aromatic N) is 6. The summed E-state index contributed by atoms with van der Waals surface area (Å²) in [7, 11) is 0. The van der Waals surface area contributed by atoms with Crippen LogP contribution in [0.4, 0.5) is 40.3 Å². The summed E-state index contributed by atoms with van der Waals surface area (Å²) in [4.78, 5) is 21.0. The Morgan fingerprint density at radius 1 is 0.635 bits per heavy atom. The van der Waals surface area contributed by atoms with Crippen molar-refractivity contribution in [2.75, 3.05) is 66.5 Å². The standard InChI is InChI=1S/C18H18N6.C14H14ClN3.2C4H10O/c19-17-9-14(8-15(23-17)13-10-21-18(20)22-11-13)24-7-3-5-12-4-1-2-6-16(12)24;15-13-8-11(9-14(16)17-13)18-7-3-5-10-4-1-2-6-12(10)18;2*1-3-5-4-2/h1-2,4,6,8-11H,3,5,7H2,(H2,19,23)(H2,20,21,22);1-2,4,6,8-9H,3,5,7H2,(H2,16,17);2*3-4H2,1-2H3. The molecule has 0 saturated carbocycles. The highest BCUT2D eigenvalue weighted by Crippen LogP contribution is 2.36. The maximum Gasteiger partial charge on any atom is 0.219 e. The molecule has 2 aliphatic rings. The maximum atomic E-state index is 6.05. The van der Waals surface area contributed by atoms with E-state index in [0.29, 0.717) is 16.8 Å². The number of halogens is 1. The third kappa shape index (κ3) is 11.5. The van der Waals surface area contributed by atoms with Gasteiger partial charge in [0, 0.05) is 92.4 Å². The van der Waals surface area contributed by atoms with Crippen LogP contribution in [0.15, 0.2) is 85.2 Å². The molecule has 6 N–H and O–H groups in total. The average molecular weight is 726 g/mol. The van der Waals surface area contributed by atoms with Gasteiger partial charge < -0.3 is 36.5 Å². The number of ether oxygens (including phenoxy) is 2. The fourth-order valence-corrected chi connectivity index (χ4v) is 6.19. The Morgan fingerprint density at radius 2 is 1.10 bits per heavy atom. The van der Waals surface area contributed by atoms with Crippen LogP contribution in [0.25, 0.3) is 11.3 Å². The molecule has 0 atom stereocenters. The number of aromatic nitrogens is 4. The van der Waals surface area contributed by atoms with Gasteiger partial charge in [0.1, 0.15) is 16.8 Å². The molecule has 12 heteroatoms. The van der Waals surface area contributed by atoms with E-state index in [1.165, 1.54) is 22.5 Å². The molecule has 0 aliphatic carbocycles. The van der Waals surface area contributed by atoms with Gasteiger partial charge in [0.15, 0.2) is 0 Å². The van der Waals surface area contributed by atoms with Crippen molar-refractivity contribution in [3.8, 4) is 11.3 Å². The van der Waals surface area contributed by atoms with Crippen molar-refractivity contribution in [2.24, 2.45) is 0 Å². The minimum absolute atomic E-state index is 0.243. The number of hydrogen-bond acceptors (Lipinski definition) is 11. The normalized spacial score (nSPS) is 12.9. The highest BCUT2D eigenvalue weighted by Gasteiger charge is 2.20. The van der Waals surface area contributed by atoms with Gasteiger partial charge >= 0.3 is 0 Å². The zero-order chi connectivity index (χ0) is 37.3. The van der Waals surface area contributed by atoms with Crippen molar-refractivity contribution in [2.45, 2.75) is 53.4 Å². The Hall–Kier alpha value is -4.97. The van der Waals surface area contributed by atoms with E-state index in [0.717, 1.165) is 87.8 Å². The van der Waals surface area contributed by atoms with Crippen LogP contribution < -0.4 is 27.0 Å². The molecule has 276 valence electrons.